The summed E-state index contributed by atoms with van der Waals surface area (Å²) in [5, 5.41) is 4.57. The number of rotatable bonds is 3. The molecule has 4 nitrogen and oxygen atoms in total. The summed E-state index contributed by atoms with van der Waals surface area (Å²) in [7, 11) is 1.70. The van der Waals surface area contributed by atoms with E-state index in [1.54, 1.807) is 18.7 Å². The fraction of sp³-hybridized carbons (Fsp3) is 0.231. The van der Waals surface area contributed by atoms with Crippen LogP contribution in [0.3, 0.4) is 0 Å². The number of halogens is 2. The zero-order valence-corrected chi connectivity index (χ0v) is 11.3. The molecule has 1 aromatic carbocycles. The lowest BCUT2D eigenvalue weighted by atomic mass is 10.0. The zero-order chi connectivity index (χ0) is 14.2. The maximum atomic E-state index is 13.3. The van der Waals surface area contributed by atoms with Crippen LogP contribution in [0.15, 0.2) is 18.2 Å². The van der Waals surface area contributed by atoms with E-state index in [0.29, 0.717) is 16.4 Å². The average molecular weight is 282 g/mol. The molecule has 0 aliphatic rings. The Bertz CT molecular complexity index is 652. The lowest BCUT2D eigenvalue weighted by molar-refractivity contribution is 0.0991. The summed E-state index contributed by atoms with van der Waals surface area (Å²) in [6, 6.07) is 4.17. The summed E-state index contributed by atoms with van der Waals surface area (Å²) in [6.45, 7) is 1.76. The van der Waals surface area contributed by atoms with Gasteiger partial charge in [0.25, 0.3) is 0 Å². The van der Waals surface area contributed by atoms with Crippen LogP contribution in [-0.2, 0) is 13.5 Å². The first kappa shape index (κ1) is 13.5. The van der Waals surface area contributed by atoms with E-state index < -0.39 is 5.82 Å². The molecule has 0 amide bonds. The highest BCUT2D eigenvalue weighted by atomic mass is 35.5. The fourth-order valence-corrected chi connectivity index (χ4v) is 2.13. The van der Waals surface area contributed by atoms with Crippen molar-refractivity contribution in [2.45, 2.75) is 13.3 Å². The number of Topliss-reactive ketones (excluding diaryl/α,β-unsaturated/α-hetero) is 1. The van der Waals surface area contributed by atoms with Crippen LogP contribution in [-0.4, -0.2) is 15.6 Å². The van der Waals surface area contributed by atoms with Crippen LogP contribution in [0.25, 0.3) is 0 Å². The van der Waals surface area contributed by atoms with Crippen LogP contribution in [0.5, 0.6) is 0 Å². The molecule has 2 rings (SSSR count). The minimum atomic E-state index is -0.599. The Hall–Kier alpha value is -1.88. The molecule has 2 aromatic rings. The Morgan fingerprint density at radius 3 is 2.79 bits per heavy atom. The van der Waals surface area contributed by atoms with E-state index in [-0.39, 0.29) is 23.5 Å². The molecule has 100 valence electrons. The Balaban J connectivity index is 2.34. The lowest BCUT2D eigenvalue weighted by Gasteiger charge is -2.06. The predicted molar refractivity (Wildman–Crippen MR) is 71.8 cm³/mol. The molecule has 0 bridgehead atoms. The monoisotopic (exact) mass is 281 g/mol. The number of carbonyl (C=O) groups excluding carboxylic acids is 1. The van der Waals surface area contributed by atoms with Crippen LogP contribution in [0, 0.1) is 12.7 Å². The molecular formula is C13H13ClFN3O. The van der Waals surface area contributed by atoms with Crippen molar-refractivity contribution in [3.63, 3.8) is 0 Å². The van der Waals surface area contributed by atoms with Crippen molar-refractivity contribution in [2.24, 2.45) is 7.05 Å². The maximum Gasteiger partial charge on any atom is 0.171 e. The number of nitrogen functional groups attached to an aromatic ring is 1. The van der Waals surface area contributed by atoms with Gasteiger partial charge in [-0.15, -0.1) is 0 Å². The number of aromatic nitrogens is 2. The molecule has 0 radical (unpaired) electrons. The van der Waals surface area contributed by atoms with Gasteiger partial charge in [-0.2, -0.15) is 5.10 Å². The molecule has 1 aromatic heterocycles. The molecule has 0 unspecified atom stereocenters. The topological polar surface area (TPSA) is 60.9 Å². The Morgan fingerprint density at radius 1 is 1.53 bits per heavy atom. The van der Waals surface area contributed by atoms with Crippen LogP contribution in [0.4, 0.5) is 10.1 Å². The smallest absolute Gasteiger partial charge is 0.171 e. The van der Waals surface area contributed by atoms with Gasteiger partial charge in [-0.3, -0.25) is 9.48 Å². The number of anilines is 1. The Kier molecular flexibility index (Phi) is 3.57. The second kappa shape index (κ2) is 5.01. The summed E-state index contributed by atoms with van der Waals surface area (Å²) < 4.78 is 14.9. The standard InChI is InChI=1S/C13H13ClFN3O/c1-7-12(14)10(18(2)17-7)6-11(19)8-4-3-5-9(15)13(8)16/h3-5H,6,16H2,1-2H3. The minimum absolute atomic E-state index is 0.0316. The summed E-state index contributed by atoms with van der Waals surface area (Å²) in [5.41, 5.74) is 6.84. The van der Waals surface area contributed by atoms with Gasteiger partial charge < -0.3 is 5.73 Å². The number of carbonyl (C=O) groups is 1. The van der Waals surface area contributed by atoms with Gasteiger partial charge in [-0.25, -0.2) is 4.39 Å². The van der Waals surface area contributed by atoms with Crippen molar-refractivity contribution in [3.05, 3.63) is 46.0 Å². The average Bonchev–Trinajstić information content (AvgIpc) is 2.59. The highest BCUT2D eigenvalue weighted by molar-refractivity contribution is 6.32. The first-order chi connectivity index (χ1) is 8.91. The van der Waals surface area contributed by atoms with Crippen LogP contribution < -0.4 is 5.73 Å². The van der Waals surface area contributed by atoms with Crippen molar-refractivity contribution < 1.29 is 9.18 Å². The minimum Gasteiger partial charge on any atom is -0.396 e. The lowest BCUT2D eigenvalue weighted by Crippen LogP contribution is -2.11. The van der Waals surface area contributed by atoms with Crippen LogP contribution >= 0.6 is 11.6 Å². The van der Waals surface area contributed by atoms with E-state index >= 15 is 0 Å². The van der Waals surface area contributed by atoms with Gasteiger partial charge in [0.15, 0.2) is 5.78 Å². The second-order valence-corrected chi connectivity index (χ2v) is 4.65. The number of aryl methyl sites for hydroxylation is 2. The molecule has 19 heavy (non-hydrogen) atoms. The molecule has 2 N–H and O–H groups in total. The van der Waals surface area contributed by atoms with Crippen LogP contribution in [0.1, 0.15) is 21.7 Å². The van der Waals surface area contributed by atoms with E-state index in [1.807, 2.05) is 0 Å². The van der Waals surface area contributed by atoms with Crippen molar-refractivity contribution in [3.8, 4) is 0 Å². The van der Waals surface area contributed by atoms with E-state index in [2.05, 4.69) is 5.10 Å². The number of para-hydroxylation sites is 1. The second-order valence-electron chi connectivity index (χ2n) is 4.27. The van der Waals surface area contributed by atoms with Crippen molar-refractivity contribution in [1.82, 2.24) is 9.78 Å². The van der Waals surface area contributed by atoms with Gasteiger partial charge in [0.1, 0.15) is 5.82 Å². The highest BCUT2D eigenvalue weighted by Gasteiger charge is 2.18. The molecular weight excluding hydrogens is 269 g/mol. The maximum absolute atomic E-state index is 13.3. The number of hydrogen-bond donors (Lipinski definition) is 1. The molecule has 0 atom stereocenters. The zero-order valence-electron chi connectivity index (χ0n) is 10.6. The van der Waals surface area contributed by atoms with E-state index in [9.17, 15) is 9.18 Å². The molecule has 0 saturated carbocycles. The Labute approximate surface area is 115 Å². The number of nitrogens with zero attached hydrogens (tertiary/aromatic N) is 2. The third kappa shape index (κ3) is 2.46. The summed E-state index contributed by atoms with van der Waals surface area (Å²) >= 11 is 6.08. The molecule has 6 heteroatoms. The number of benzene rings is 1. The number of nitrogens with two attached hydrogens (primary N) is 1. The fourth-order valence-electron chi connectivity index (χ4n) is 1.90. The van der Waals surface area contributed by atoms with Crippen LogP contribution in [0.2, 0.25) is 5.02 Å². The largest absolute Gasteiger partial charge is 0.396 e. The van der Waals surface area contributed by atoms with Crippen molar-refractivity contribution >= 4 is 23.1 Å². The quantitative estimate of drug-likeness (QED) is 0.695. The molecule has 0 saturated heterocycles. The molecule has 0 aliphatic carbocycles. The van der Waals surface area contributed by atoms with E-state index in [1.165, 1.54) is 18.2 Å². The van der Waals surface area contributed by atoms with Gasteiger partial charge in [-0.1, -0.05) is 17.7 Å². The van der Waals surface area contributed by atoms with Gasteiger partial charge in [0.2, 0.25) is 0 Å². The molecule has 1 heterocycles. The number of hydrogen-bond acceptors (Lipinski definition) is 3. The van der Waals surface area contributed by atoms with Gasteiger partial charge >= 0.3 is 0 Å². The summed E-state index contributed by atoms with van der Waals surface area (Å²) in [6.07, 6.45) is 0.0316. The van der Waals surface area contributed by atoms with Gasteiger partial charge in [0.05, 0.1) is 28.5 Å². The SMILES string of the molecule is Cc1nn(C)c(CC(=O)c2cccc(F)c2N)c1Cl. The number of ketones is 1. The molecule has 0 aliphatic heterocycles. The molecule has 0 fully saturated rings. The predicted octanol–water partition coefficient (Wildman–Crippen LogP) is 2.53. The van der Waals surface area contributed by atoms with E-state index in [4.69, 9.17) is 17.3 Å². The third-order valence-corrected chi connectivity index (χ3v) is 3.43. The normalized spacial score (nSPS) is 10.7. The molecule has 0 spiro atoms. The first-order valence-electron chi connectivity index (χ1n) is 5.67. The van der Waals surface area contributed by atoms with Crippen molar-refractivity contribution in [2.75, 3.05) is 5.73 Å². The Morgan fingerprint density at radius 2 is 2.21 bits per heavy atom. The van der Waals surface area contributed by atoms with Crippen molar-refractivity contribution in [1.29, 1.82) is 0 Å². The van der Waals surface area contributed by atoms with Gasteiger partial charge in [0, 0.05) is 12.6 Å². The first-order valence-corrected chi connectivity index (χ1v) is 6.04. The summed E-state index contributed by atoms with van der Waals surface area (Å²) in [4.78, 5) is 12.2. The van der Waals surface area contributed by atoms with Gasteiger partial charge in [-0.05, 0) is 19.1 Å². The highest BCUT2D eigenvalue weighted by Crippen LogP contribution is 2.23. The van der Waals surface area contributed by atoms with E-state index in [0.717, 1.165) is 0 Å². The third-order valence-electron chi connectivity index (χ3n) is 2.94. The summed E-state index contributed by atoms with van der Waals surface area (Å²) in [5.74, 6) is -0.889.